The Morgan fingerprint density at radius 3 is 2.00 bits per heavy atom. The third kappa shape index (κ3) is 11.6. The lowest BCUT2D eigenvalue weighted by Crippen LogP contribution is -2.61. The fraction of sp³-hybridized carbons (Fsp3) is 0.548. The van der Waals surface area contributed by atoms with Gasteiger partial charge in [0, 0.05) is 27.1 Å². The highest BCUT2D eigenvalue weighted by molar-refractivity contribution is 6.04. The van der Waals surface area contributed by atoms with Crippen LogP contribution < -0.4 is 0 Å². The number of carbonyl (C=O) groups excluding carboxylic acids is 5. The second kappa shape index (κ2) is 20.7. The molecule has 0 aromatic heterocycles. The second-order valence-corrected chi connectivity index (χ2v) is 14.8. The average molecular weight is 782 g/mol. The Kier molecular flexibility index (Phi) is 16.4. The lowest BCUT2D eigenvalue weighted by Gasteiger charge is -2.45. The number of aliphatic hydroxyl groups excluding tert-OH is 1. The summed E-state index contributed by atoms with van der Waals surface area (Å²) in [5.41, 5.74) is 0.864. The highest BCUT2D eigenvalue weighted by Crippen LogP contribution is 2.36. The molecule has 0 radical (unpaired) electrons. The summed E-state index contributed by atoms with van der Waals surface area (Å²) in [6.07, 6.45) is -4.17. The Morgan fingerprint density at radius 1 is 0.875 bits per heavy atom. The van der Waals surface area contributed by atoms with Gasteiger partial charge in [-0.2, -0.15) is 0 Å². The van der Waals surface area contributed by atoms with Crippen molar-refractivity contribution >= 4 is 29.5 Å². The fourth-order valence-electron chi connectivity index (χ4n) is 7.16. The van der Waals surface area contributed by atoms with Gasteiger partial charge in [-0.25, -0.2) is 9.69 Å². The third-order valence-electron chi connectivity index (χ3n) is 9.71. The maximum absolute atomic E-state index is 13.6. The van der Waals surface area contributed by atoms with Crippen molar-refractivity contribution in [2.24, 2.45) is 11.8 Å². The van der Waals surface area contributed by atoms with Gasteiger partial charge >= 0.3 is 12.1 Å². The predicted molar refractivity (Wildman–Crippen MR) is 202 cm³/mol. The Hall–Kier alpha value is -4.31. The quantitative estimate of drug-likeness (QED) is 0.111. The molecule has 1 N–H and O–H groups in total. The summed E-state index contributed by atoms with van der Waals surface area (Å²) in [5.74, 6) is -4.18. The number of imide groups is 1. The van der Waals surface area contributed by atoms with Crippen molar-refractivity contribution in [3.63, 3.8) is 0 Å². The number of nitrogens with zero attached hydrogens (tertiary/aromatic N) is 1. The zero-order chi connectivity index (χ0) is 41.0. The number of carbonyl (C=O) groups is 5. The number of cyclic esters (lactones) is 1. The lowest BCUT2D eigenvalue weighted by atomic mass is 9.87. The summed E-state index contributed by atoms with van der Waals surface area (Å²) in [6.45, 7) is 9.73. The van der Waals surface area contributed by atoms with E-state index in [0.29, 0.717) is 0 Å². The largest absolute Gasteiger partial charge is 0.453 e. The van der Waals surface area contributed by atoms with Crippen LogP contribution in [0.3, 0.4) is 0 Å². The molecule has 2 amide bonds. The zero-order valence-electron chi connectivity index (χ0n) is 33.2. The molecule has 2 aliphatic heterocycles. The minimum absolute atomic E-state index is 0.0186. The molecule has 8 unspecified atom stereocenters. The molecule has 2 heterocycles. The minimum atomic E-state index is -1.58. The van der Waals surface area contributed by atoms with E-state index in [1.807, 2.05) is 74.5 Å². The lowest BCUT2D eigenvalue weighted by molar-refractivity contribution is -0.319. The Bertz CT molecular complexity index is 1650. The number of ether oxygens (including phenoxy) is 7. The summed E-state index contributed by atoms with van der Waals surface area (Å²) in [5, 5.41) is 10.3. The molecular formula is C42H55NO13. The Balaban J connectivity index is 1.40. The van der Waals surface area contributed by atoms with E-state index in [-0.39, 0.29) is 45.2 Å². The minimum Gasteiger partial charge on any atom is -0.453 e. The number of allylic oxidation sites excluding steroid dienone is 1. The Morgan fingerprint density at radius 2 is 1.46 bits per heavy atom. The van der Waals surface area contributed by atoms with E-state index in [0.717, 1.165) is 35.1 Å². The van der Waals surface area contributed by atoms with Crippen molar-refractivity contribution in [3.05, 3.63) is 83.9 Å². The molecule has 0 bridgehead atoms. The molecule has 14 heteroatoms. The first kappa shape index (κ1) is 44.4. The number of aliphatic hydroxyl groups is 1. The summed E-state index contributed by atoms with van der Waals surface area (Å²) in [4.78, 5) is 65.6. The molecule has 2 saturated heterocycles. The fourth-order valence-corrected chi connectivity index (χ4v) is 7.16. The molecule has 2 fully saturated rings. The molecule has 56 heavy (non-hydrogen) atoms. The predicted octanol–water partition coefficient (Wildman–Crippen LogP) is 4.73. The van der Waals surface area contributed by atoms with E-state index < -0.39 is 83.9 Å². The topological polar surface area (TPSA) is 173 Å². The maximum Gasteiger partial charge on any atom is 0.417 e. The molecule has 0 spiro atoms. The number of ketones is 2. The van der Waals surface area contributed by atoms with E-state index in [1.165, 1.54) is 14.0 Å². The van der Waals surface area contributed by atoms with Crippen LogP contribution >= 0.6 is 0 Å². The monoisotopic (exact) mass is 781 g/mol. The number of hydrogen-bond acceptors (Lipinski definition) is 13. The van der Waals surface area contributed by atoms with Gasteiger partial charge in [-0.1, -0.05) is 74.5 Å². The van der Waals surface area contributed by atoms with Crippen LogP contribution in [0.15, 0.2) is 72.8 Å². The van der Waals surface area contributed by atoms with E-state index in [2.05, 4.69) is 0 Å². The van der Waals surface area contributed by atoms with Gasteiger partial charge in [0.1, 0.15) is 30.0 Å². The molecule has 2 aromatic carbocycles. The first-order chi connectivity index (χ1) is 26.7. The first-order valence-electron chi connectivity index (χ1n) is 18.9. The summed E-state index contributed by atoms with van der Waals surface area (Å²) >= 11 is 0. The summed E-state index contributed by atoms with van der Waals surface area (Å²) < 4.78 is 41.4. The van der Waals surface area contributed by atoms with Gasteiger partial charge in [0.15, 0.2) is 24.0 Å². The van der Waals surface area contributed by atoms with Crippen molar-refractivity contribution in [3.8, 4) is 0 Å². The van der Waals surface area contributed by atoms with Crippen LogP contribution in [0, 0.1) is 11.8 Å². The molecular weight excluding hydrogens is 726 g/mol. The van der Waals surface area contributed by atoms with Gasteiger partial charge in [0.2, 0.25) is 5.91 Å². The van der Waals surface area contributed by atoms with Gasteiger partial charge in [-0.15, -0.1) is 0 Å². The van der Waals surface area contributed by atoms with Crippen LogP contribution in [0.25, 0.3) is 0 Å². The molecule has 2 aromatic rings. The van der Waals surface area contributed by atoms with E-state index >= 15 is 0 Å². The second-order valence-electron chi connectivity index (χ2n) is 14.8. The summed E-state index contributed by atoms with van der Waals surface area (Å²) in [7, 11) is 1.46. The van der Waals surface area contributed by atoms with Crippen molar-refractivity contribution in [1.29, 1.82) is 0 Å². The van der Waals surface area contributed by atoms with Gasteiger partial charge < -0.3 is 38.3 Å². The highest BCUT2D eigenvalue weighted by Gasteiger charge is 2.54. The number of benzene rings is 2. The highest BCUT2D eigenvalue weighted by atomic mass is 16.7. The number of hydrogen-bond donors (Lipinski definition) is 1. The number of rotatable bonds is 20. The third-order valence-corrected chi connectivity index (χ3v) is 9.71. The smallest absolute Gasteiger partial charge is 0.417 e. The van der Waals surface area contributed by atoms with Crippen molar-refractivity contribution < 1.29 is 62.2 Å². The van der Waals surface area contributed by atoms with Gasteiger partial charge in [0.05, 0.1) is 31.8 Å². The number of amides is 2. The summed E-state index contributed by atoms with van der Waals surface area (Å²) in [6, 6.07) is 18.5. The van der Waals surface area contributed by atoms with Crippen LogP contribution in [-0.4, -0.2) is 108 Å². The number of methoxy groups -OCH3 is 1. The van der Waals surface area contributed by atoms with Crippen molar-refractivity contribution in [2.45, 2.75) is 116 Å². The van der Waals surface area contributed by atoms with E-state index in [9.17, 15) is 29.1 Å². The van der Waals surface area contributed by atoms with Gasteiger partial charge in [0.25, 0.3) is 0 Å². The normalized spacial score (nSPS) is 24.5. The van der Waals surface area contributed by atoms with Crippen LogP contribution in [-0.2, 0) is 65.5 Å². The average Bonchev–Trinajstić information content (AvgIpc) is 3.43. The molecule has 2 aliphatic rings. The molecule has 4 rings (SSSR count). The number of esters is 1. The first-order valence-corrected chi connectivity index (χ1v) is 18.9. The molecule has 0 saturated carbocycles. The molecule has 8 atom stereocenters. The molecule has 0 aliphatic carbocycles. The van der Waals surface area contributed by atoms with Crippen LogP contribution in [0.1, 0.15) is 65.5 Å². The zero-order valence-corrected chi connectivity index (χ0v) is 33.2. The van der Waals surface area contributed by atoms with Crippen molar-refractivity contribution in [2.75, 3.05) is 20.3 Å². The maximum atomic E-state index is 13.6. The molecule has 306 valence electrons. The Labute approximate surface area is 328 Å². The van der Waals surface area contributed by atoms with Gasteiger partial charge in [-0.05, 0) is 56.4 Å². The van der Waals surface area contributed by atoms with Crippen LogP contribution in [0.5, 0.6) is 0 Å². The van der Waals surface area contributed by atoms with Gasteiger partial charge in [-0.3, -0.25) is 19.2 Å². The standard InChI is InChI=1S/C42H55NO13/c1-26(2)38-42(5,6)56-41(49)43(38)39(48)27(3)34(54-28(4)45)32(47)21-20-31(46)19-14-22-51-37-36(53-25-30-17-12-9-13-18-30)35(33(23-44)55-40(37)50-7)52-24-29-15-10-8-11-16-29/h8-13,15-18,20-21,26-27,33-38,40,44H,14,19,22-25H2,1-7H3. The SMILES string of the molecule is COC1OC(CO)C(OCc2ccccc2)C(OCc2ccccc2)C1OCCCC(=O)C=CC(=O)C(OC(C)=O)C(C)C(=O)N1C(=O)OC(C)(C)C1C(C)C. The van der Waals surface area contributed by atoms with E-state index in [4.69, 9.17) is 33.2 Å². The van der Waals surface area contributed by atoms with Crippen LogP contribution in [0.4, 0.5) is 4.79 Å². The van der Waals surface area contributed by atoms with E-state index in [1.54, 1.807) is 13.8 Å². The van der Waals surface area contributed by atoms with Crippen LogP contribution in [0.2, 0.25) is 0 Å². The van der Waals surface area contributed by atoms with Crippen molar-refractivity contribution in [1.82, 2.24) is 4.90 Å². The molecule has 14 nitrogen and oxygen atoms in total.